The summed E-state index contributed by atoms with van der Waals surface area (Å²) >= 11 is 0. The number of benzene rings is 1. The molecular weight excluding hydrogens is 428 g/mol. The van der Waals surface area contributed by atoms with Crippen molar-refractivity contribution in [2.75, 3.05) is 11.9 Å². The maximum atomic E-state index is 14.0. The van der Waals surface area contributed by atoms with Crippen molar-refractivity contribution in [1.29, 1.82) is 0 Å². The monoisotopic (exact) mass is 448 g/mol. The summed E-state index contributed by atoms with van der Waals surface area (Å²) in [6.07, 6.45) is 0.591. The number of nitrogens with one attached hydrogen (secondary N) is 1. The molecule has 1 fully saturated rings. The van der Waals surface area contributed by atoms with Crippen molar-refractivity contribution in [3.8, 4) is 5.69 Å². The Morgan fingerprint density at radius 1 is 1.16 bits per heavy atom. The molecule has 2 aromatic heterocycles. The summed E-state index contributed by atoms with van der Waals surface area (Å²) in [5, 5.41) is 11.2. The third-order valence-electron chi connectivity index (χ3n) is 5.50. The highest BCUT2D eigenvalue weighted by Gasteiger charge is 2.34. The van der Waals surface area contributed by atoms with Crippen LogP contribution < -0.4 is 5.32 Å². The maximum Gasteiger partial charge on any atom is 0.417 e. The lowest BCUT2D eigenvalue weighted by molar-refractivity contribution is -0.137. The molecule has 1 amide bonds. The number of carbonyl (C=O) groups is 1. The molecule has 0 saturated carbocycles. The number of hydrogen-bond donors (Lipinski definition) is 1. The Kier molecular flexibility index (Phi) is 5.81. The molecule has 1 N–H and O–H groups in total. The van der Waals surface area contributed by atoms with E-state index in [2.05, 4.69) is 20.5 Å². The highest BCUT2D eigenvalue weighted by atomic mass is 19.4. The van der Waals surface area contributed by atoms with E-state index in [1.54, 1.807) is 4.90 Å². The molecule has 0 radical (unpaired) electrons. The zero-order valence-corrected chi connectivity index (χ0v) is 17.1. The van der Waals surface area contributed by atoms with Crippen LogP contribution in [0.2, 0.25) is 0 Å². The lowest BCUT2D eigenvalue weighted by atomic mass is 9.96. The van der Waals surface area contributed by atoms with E-state index in [1.165, 1.54) is 35.4 Å². The first-order chi connectivity index (χ1) is 15.2. The van der Waals surface area contributed by atoms with Crippen molar-refractivity contribution in [2.24, 2.45) is 0 Å². The van der Waals surface area contributed by atoms with Crippen molar-refractivity contribution >= 4 is 11.7 Å². The lowest BCUT2D eigenvalue weighted by Crippen LogP contribution is -2.52. The van der Waals surface area contributed by atoms with Gasteiger partial charge in [-0.2, -0.15) is 28.2 Å². The molecule has 0 bridgehead atoms. The SMILES string of the molecule is C[C@H]1C(Nc2ccc(C(F)(F)F)cn2)CCCN1C(=O)c1cc(F)ccc1-n1nccn1. The number of carbonyl (C=O) groups excluding carboxylic acids is 1. The van der Waals surface area contributed by atoms with Crippen LogP contribution in [-0.4, -0.2) is 49.4 Å². The number of likely N-dealkylation sites (tertiary alicyclic amines) is 1. The molecule has 0 aliphatic carbocycles. The summed E-state index contributed by atoms with van der Waals surface area (Å²) in [7, 11) is 0. The Morgan fingerprint density at radius 2 is 1.91 bits per heavy atom. The van der Waals surface area contributed by atoms with Crippen LogP contribution >= 0.6 is 0 Å². The Labute approximate surface area is 181 Å². The molecule has 1 saturated heterocycles. The number of hydrogen-bond acceptors (Lipinski definition) is 5. The van der Waals surface area contributed by atoms with Crippen molar-refractivity contribution in [3.05, 3.63) is 65.9 Å². The van der Waals surface area contributed by atoms with Crippen molar-refractivity contribution in [1.82, 2.24) is 24.9 Å². The van der Waals surface area contributed by atoms with Crippen molar-refractivity contribution in [2.45, 2.75) is 38.0 Å². The molecule has 1 unspecified atom stereocenters. The second kappa shape index (κ2) is 8.56. The highest BCUT2D eigenvalue weighted by molar-refractivity contribution is 5.98. The molecule has 32 heavy (non-hydrogen) atoms. The normalized spacial score (nSPS) is 19.1. The summed E-state index contributed by atoms with van der Waals surface area (Å²) in [5.41, 5.74) is -0.350. The maximum absolute atomic E-state index is 14.0. The van der Waals surface area contributed by atoms with E-state index in [1.807, 2.05) is 6.92 Å². The standard InChI is InChI=1S/C21H20F4N6O/c1-13-17(29-19-7-4-14(12-26-19)21(23,24)25)3-2-10-30(13)20(32)16-11-15(22)5-6-18(16)31-27-8-9-28-31/h4-9,11-13,17H,2-3,10H2,1H3,(H,26,29)/t13-,17?/m0/s1. The molecule has 168 valence electrons. The fourth-order valence-electron chi connectivity index (χ4n) is 3.81. The van der Waals surface area contributed by atoms with E-state index >= 15 is 0 Å². The first kappa shape index (κ1) is 21.7. The number of rotatable bonds is 4. The molecule has 2 atom stereocenters. The van der Waals surface area contributed by atoms with Gasteiger partial charge in [0.25, 0.3) is 5.91 Å². The van der Waals surface area contributed by atoms with Crippen molar-refractivity contribution in [3.63, 3.8) is 0 Å². The minimum absolute atomic E-state index is 0.126. The molecular formula is C21H20F4N6O. The van der Waals surface area contributed by atoms with Gasteiger partial charge in [-0.25, -0.2) is 9.37 Å². The lowest BCUT2D eigenvalue weighted by Gasteiger charge is -2.40. The van der Waals surface area contributed by atoms with Crippen LogP contribution in [0.1, 0.15) is 35.7 Å². The fourth-order valence-corrected chi connectivity index (χ4v) is 3.81. The Balaban J connectivity index is 1.54. The largest absolute Gasteiger partial charge is 0.417 e. The number of anilines is 1. The van der Waals surface area contributed by atoms with Crippen molar-refractivity contribution < 1.29 is 22.4 Å². The van der Waals surface area contributed by atoms with Gasteiger partial charge >= 0.3 is 6.18 Å². The first-order valence-electron chi connectivity index (χ1n) is 10.0. The van der Waals surface area contributed by atoms with Gasteiger partial charge in [0, 0.05) is 24.8 Å². The van der Waals surface area contributed by atoms with E-state index in [9.17, 15) is 22.4 Å². The van der Waals surface area contributed by atoms with Gasteiger partial charge in [0.1, 0.15) is 11.6 Å². The van der Waals surface area contributed by atoms with Crippen LogP contribution in [0.25, 0.3) is 5.69 Å². The molecule has 0 spiro atoms. The smallest absolute Gasteiger partial charge is 0.365 e. The van der Waals surface area contributed by atoms with E-state index < -0.39 is 17.6 Å². The Bertz CT molecular complexity index is 1080. The zero-order valence-electron chi connectivity index (χ0n) is 17.1. The van der Waals surface area contributed by atoms with Gasteiger partial charge in [-0.05, 0) is 50.1 Å². The summed E-state index contributed by atoms with van der Waals surface area (Å²) in [5.74, 6) is -0.648. The average Bonchev–Trinajstić information content (AvgIpc) is 3.29. The van der Waals surface area contributed by atoms with Gasteiger partial charge < -0.3 is 10.2 Å². The van der Waals surface area contributed by atoms with Crippen LogP contribution in [-0.2, 0) is 6.18 Å². The van der Waals surface area contributed by atoms with E-state index in [0.717, 1.165) is 18.3 Å². The second-order valence-electron chi connectivity index (χ2n) is 7.54. The highest BCUT2D eigenvalue weighted by Crippen LogP contribution is 2.30. The second-order valence-corrected chi connectivity index (χ2v) is 7.54. The predicted octanol–water partition coefficient (Wildman–Crippen LogP) is 3.93. The quantitative estimate of drug-likeness (QED) is 0.613. The third kappa shape index (κ3) is 4.41. The van der Waals surface area contributed by atoms with Gasteiger partial charge in [0.05, 0.1) is 29.2 Å². The number of amides is 1. The Morgan fingerprint density at radius 3 is 2.56 bits per heavy atom. The van der Waals surface area contributed by atoms with Gasteiger partial charge in [-0.15, -0.1) is 0 Å². The summed E-state index contributed by atoms with van der Waals surface area (Å²) in [4.78, 5) is 20.1. The first-order valence-corrected chi connectivity index (χ1v) is 10.0. The summed E-state index contributed by atoms with van der Waals surface area (Å²) < 4.78 is 52.3. The molecule has 3 aromatic rings. The Hall–Kier alpha value is -3.50. The summed E-state index contributed by atoms with van der Waals surface area (Å²) in [6, 6.07) is 5.50. The number of alkyl halides is 3. The molecule has 11 heteroatoms. The molecule has 1 aromatic carbocycles. The zero-order chi connectivity index (χ0) is 22.9. The van der Waals surface area contributed by atoms with Crippen LogP contribution in [0.3, 0.4) is 0 Å². The van der Waals surface area contributed by atoms with E-state index in [0.29, 0.717) is 25.1 Å². The topological polar surface area (TPSA) is 75.9 Å². The van der Waals surface area contributed by atoms with E-state index in [4.69, 9.17) is 0 Å². The minimum Gasteiger partial charge on any atom is -0.365 e. The van der Waals surface area contributed by atoms with Gasteiger partial charge in [0.2, 0.25) is 0 Å². The van der Waals surface area contributed by atoms with Crippen LogP contribution in [0, 0.1) is 5.82 Å². The number of aromatic nitrogens is 4. The van der Waals surface area contributed by atoms with Gasteiger partial charge in [-0.3, -0.25) is 4.79 Å². The van der Waals surface area contributed by atoms with Gasteiger partial charge in [-0.1, -0.05) is 0 Å². The van der Waals surface area contributed by atoms with Crippen LogP contribution in [0.4, 0.5) is 23.4 Å². The molecule has 3 heterocycles. The third-order valence-corrected chi connectivity index (χ3v) is 5.50. The molecule has 1 aliphatic heterocycles. The van der Waals surface area contributed by atoms with Gasteiger partial charge in [0.15, 0.2) is 0 Å². The summed E-state index contributed by atoms with van der Waals surface area (Å²) in [6.45, 7) is 2.30. The number of pyridine rings is 1. The fraction of sp³-hybridized carbons (Fsp3) is 0.333. The molecule has 7 nitrogen and oxygen atoms in total. The molecule has 4 rings (SSSR count). The average molecular weight is 448 g/mol. The molecule has 1 aliphatic rings. The number of halogens is 4. The number of piperidine rings is 1. The predicted molar refractivity (Wildman–Crippen MR) is 108 cm³/mol. The number of nitrogens with zero attached hydrogens (tertiary/aromatic N) is 5. The van der Waals surface area contributed by atoms with Crippen LogP contribution in [0.5, 0.6) is 0 Å². The van der Waals surface area contributed by atoms with E-state index in [-0.39, 0.29) is 29.4 Å². The van der Waals surface area contributed by atoms with Crippen LogP contribution in [0.15, 0.2) is 48.9 Å². The minimum atomic E-state index is -4.46.